The molecule has 0 saturated carbocycles. The van der Waals surface area contributed by atoms with Gasteiger partial charge in [-0.05, 0) is 25.5 Å². The fourth-order valence-corrected chi connectivity index (χ4v) is 3.94. The van der Waals surface area contributed by atoms with Crippen molar-refractivity contribution in [2.75, 3.05) is 33.0 Å². The smallest absolute Gasteiger partial charge is 0.307 e. The molecule has 190 valence electrons. The molecule has 10 heteroatoms. The van der Waals surface area contributed by atoms with Crippen LogP contribution in [0.25, 0.3) is 5.95 Å². The lowest BCUT2D eigenvalue weighted by molar-refractivity contribution is -0.143. The van der Waals surface area contributed by atoms with Crippen molar-refractivity contribution in [3.63, 3.8) is 0 Å². The van der Waals surface area contributed by atoms with E-state index in [0.717, 1.165) is 23.7 Å². The number of carbonyl (C=O) groups is 1. The average molecular weight is 493 g/mol. The van der Waals surface area contributed by atoms with E-state index < -0.39 is 0 Å². The Morgan fingerprint density at radius 2 is 2.11 bits per heavy atom. The van der Waals surface area contributed by atoms with Crippen molar-refractivity contribution in [1.29, 1.82) is 0 Å². The van der Waals surface area contributed by atoms with Gasteiger partial charge in [-0.15, -0.1) is 0 Å². The maximum atomic E-state index is 12.4. The number of aromatic nitrogens is 4. The lowest BCUT2D eigenvalue weighted by Gasteiger charge is -2.24. The summed E-state index contributed by atoms with van der Waals surface area (Å²) in [5, 5.41) is 3.52. The summed E-state index contributed by atoms with van der Waals surface area (Å²) in [6.07, 6.45) is 6.94. The van der Waals surface area contributed by atoms with Crippen LogP contribution in [0, 0.1) is 6.92 Å². The first-order valence-corrected chi connectivity index (χ1v) is 12.0. The van der Waals surface area contributed by atoms with Crippen LogP contribution in [-0.2, 0) is 25.5 Å². The number of carbonyl (C=O) groups excluding carboxylic acids is 1. The maximum Gasteiger partial charge on any atom is 0.307 e. The van der Waals surface area contributed by atoms with Gasteiger partial charge in [0.2, 0.25) is 12.7 Å². The molecule has 1 unspecified atom stereocenters. The summed E-state index contributed by atoms with van der Waals surface area (Å²) in [5.41, 5.74) is 2.73. The van der Waals surface area contributed by atoms with Crippen LogP contribution in [0.15, 0.2) is 67.1 Å². The first-order valence-electron chi connectivity index (χ1n) is 12.0. The van der Waals surface area contributed by atoms with E-state index in [0.29, 0.717) is 32.2 Å². The Hall–Kier alpha value is -3.76. The number of imidazole rings is 1. The Kier molecular flexibility index (Phi) is 9.01. The molecule has 0 fully saturated rings. The van der Waals surface area contributed by atoms with Gasteiger partial charge in [0.25, 0.3) is 0 Å². The minimum absolute atomic E-state index is 0.161. The van der Waals surface area contributed by atoms with Gasteiger partial charge in [0.05, 0.1) is 31.3 Å². The first-order chi connectivity index (χ1) is 17.6. The fourth-order valence-electron chi connectivity index (χ4n) is 3.94. The second kappa shape index (κ2) is 12.8. The number of hydrogen-bond acceptors (Lipinski definition) is 9. The molecular weight excluding hydrogens is 460 g/mol. The van der Waals surface area contributed by atoms with E-state index in [1.165, 1.54) is 5.56 Å². The molecule has 10 nitrogen and oxygen atoms in total. The third kappa shape index (κ3) is 7.37. The number of nitrogens with zero attached hydrogens (tertiary/aromatic N) is 5. The molecule has 3 aromatic rings. The highest BCUT2D eigenvalue weighted by molar-refractivity contribution is 5.70. The molecule has 4 rings (SSSR count). The molecule has 1 aliphatic rings. The predicted octanol–water partition coefficient (Wildman–Crippen LogP) is 2.90. The van der Waals surface area contributed by atoms with Gasteiger partial charge in [-0.1, -0.05) is 30.3 Å². The Bertz CT molecular complexity index is 1140. The molecule has 1 atom stereocenters. The lowest BCUT2D eigenvalue weighted by Crippen LogP contribution is -2.36. The normalized spacial score (nSPS) is 13.7. The summed E-state index contributed by atoms with van der Waals surface area (Å²) >= 11 is 0. The summed E-state index contributed by atoms with van der Waals surface area (Å²) in [7, 11) is 0. The van der Waals surface area contributed by atoms with E-state index in [9.17, 15) is 4.79 Å². The highest BCUT2D eigenvalue weighted by atomic mass is 16.7. The third-order valence-corrected chi connectivity index (χ3v) is 5.61. The van der Waals surface area contributed by atoms with Gasteiger partial charge in [0, 0.05) is 37.7 Å². The van der Waals surface area contributed by atoms with Crippen LogP contribution in [0.5, 0.6) is 0 Å². The second-order valence-electron chi connectivity index (χ2n) is 8.43. The summed E-state index contributed by atoms with van der Waals surface area (Å²) in [6, 6.07) is 11.8. The highest BCUT2D eigenvalue weighted by Gasteiger charge is 2.21. The topological polar surface area (TPSA) is 104 Å². The SMILES string of the molecule is CCOC(=O)CC(NCCN(CC1=COCO1)Cc1ccccc1)c1cc(C)nc(-n2ccnc2)n1. The van der Waals surface area contributed by atoms with Crippen molar-refractivity contribution in [2.24, 2.45) is 0 Å². The summed E-state index contributed by atoms with van der Waals surface area (Å²) in [5.74, 6) is 1.03. The molecule has 0 radical (unpaired) electrons. The zero-order valence-electron chi connectivity index (χ0n) is 20.7. The van der Waals surface area contributed by atoms with Crippen LogP contribution in [0.1, 0.15) is 36.3 Å². The highest BCUT2D eigenvalue weighted by Crippen LogP contribution is 2.18. The van der Waals surface area contributed by atoms with E-state index in [-0.39, 0.29) is 25.2 Å². The number of esters is 1. The molecule has 2 aromatic heterocycles. The zero-order valence-corrected chi connectivity index (χ0v) is 20.7. The molecule has 0 saturated heterocycles. The van der Waals surface area contributed by atoms with Crippen LogP contribution < -0.4 is 5.32 Å². The summed E-state index contributed by atoms with van der Waals surface area (Å²) in [4.78, 5) is 28.0. The number of benzene rings is 1. The zero-order chi connectivity index (χ0) is 25.2. The molecule has 0 bridgehead atoms. The van der Waals surface area contributed by atoms with E-state index >= 15 is 0 Å². The quantitative estimate of drug-likeness (QED) is 0.361. The Labute approximate surface area is 210 Å². The largest absolute Gasteiger partial charge is 0.466 e. The maximum absolute atomic E-state index is 12.4. The monoisotopic (exact) mass is 492 g/mol. The van der Waals surface area contributed by atoms with Crippen LogP contribution in [0.2, 0.25) is 0 Å². The molecule has 3 heterocycles. The van der Waals surface area contributed by atoms with Crippen molar-refractivity contribution in [2.45, 2.75) is 32.9 Å². The van der Waals surface area contributed by atoms with E-state index in [1.54, 1.807) is 36.5 Å². The fraction of sp³-hybridized carbons (Fsp3) is 0.385. The lowest BCUT2D eigenvalue weighted by atomic mass is 10.1. The minimum atomic E-state index is -0.336. The van der Waals surface area contributed by atoms with Crippen molar-refractivity contribution in [3.05, 3.63) is 84.1 Å². The molecule has 1 aliphatic heterocycles. The van der Waals surface area contributed by atoms with Gasteiger partial charge in [-0.3, -0.25) is 14.3 Å². The molecule has 0 aliphatic carbocycles. The van der Waals surface area contributed by atoms with Crippen molar-refractivity contribution >= 4 is 5.97 Å². The van der Waals surface area contributed by atoms with Gasteiger partial charge in [-0.2, -0.15) is 0 Å². The number of ether oxygens (including phenoxy) is 3. The molecule has 1 N–H and O–H groups in total. The first kappa shape index (κ1) is 25.3. The molecule has 0 spiro atoms. The Morgan fingerprint density at radius 3 is 2.83 bits per heavy atom. The third-order valence-electron chi connectivity index (χ3n) is 5.61. The number of rotatable bonds is 13. The Morgan fingerprint density at radius 1 is 1.25 bits per heavy atom. The standard InChI is InChI=1S/C26H32N6O4/c1-3-35-25(33)14-23(24-13-20(2)29-26(30-24)32-12-9-27-18-32)28-10-11-31(16-22-17-34-19-36-22)15-21-7-5-4-6-8-21/h4-9,12-13,17-18,23,28H,3,10-11,14-16,19H2,1-2H3. The van der Waals surface area contributed by atoms with Gasteiger partial charge in [-0.25, -0.2) is 15.0 Å². The van der Waals surface area contributed by atoms with Crippen LogP contribution in [0.3, 0.4) is 0 Å². The van der Waals surface area contributed by atoms with Crippen LogP contribution in [0.4, 0.5) is 0 Å². The molecule has 0 amide bonds. The van der Waals surface area contributed by atoms with Crippen molar-refractivity contribution in [1.82, 2.24) is 29.7 Å². The number of nitrogens with one attached hydrogen (secondary N) is 1. The van der Waals surface area contributed by atoms with Gasteiger partial charge < -0.3 is 19.5 Å². The average Bonchev–Trinajstić information content (AvgIpc) is 3.59. The van der Waals surface area contributed by atoms with Gasteiger partial charge >= 0.3 is 5.97 Å². The van der Waals surface area contributed by atoms with E-state index in [1.807, 2.05) is 31.2 Å². The molecule has 36 heavy (non-hydrogen) atoms. The number of hydrogen-bond donors (Lipinski definition) is 1. The van der Waals surface area contributed by atoms with Gasteiger partial charge in [0.15, 0.2) is 0 Å². The van der Waals surface area contributed by atoms with Crippen LogP contribution >= 0.6 is 0 Å². The minimum Gasteiger partial charge on any atom is -0.466 e. The van der Waals surface area contributed by atoms with E-state index in [2.05, 4.69) is 32.3 Å². The molecular formula is C26H32N6O4. The van der Waals surface area contributed by atoms with Crippen LogP contribution in [-0.4, -0.2) is 63.4 Å². The number of aryl methyl sites for hydroxylation is 1. The second-order valence-corrected chi connectivity index (χ2v) is 8.43. The van der Waals surface area contributed by atoms with Crippen molar-refractivity contribution in [3.8, 4) is 5.95 Å². The van der Waals surface area contributed by atoms with E-state index in [4.69, 9.17) is 19.2 Å². The predicted molar refractivity (Wildman–Crippen MR) is 133 cm³/mol. The van der Waals surface area contributed by atoms with Crippen molar-refractivity contribution < 1.29 is 19.0 Å². The summed E-state index contributed by atoms with van der Waals surface area (Å²) in [6.45, 7) is 7.00. The molecule has 1 aromatic carbocycles. The Balaban J connectivity index is 1.47. The summed E-state index contributed by atoms with van der Waals surface area (Å²) < 4.78 is 17.8. The van der Waals surface area contributed by atoms with Gasteiger partial charge in [0.1, 0.15) is 18.3 Å².